The Morgan fingerprint density at radius 3 is 2.57 bits per heavy atom. The molecule has 0 heterocycles. The number of thiocarbonyl (C=S) groups is 1. The maximum Gasteiger partial charge on any atom is 0.276 e. The van der Waals surface area contributed by atoms with Gasteiger partial charge in [0.1, 0.15) is 11.6 Å². The molecule has 6 nitrogen and oxygen atoms in total. The fourth-order valence-electron chi connectivity index (χ4n) is 1.96. The molecule has 0 fully saturated rings. The molecule has 2 aromatic carbocycles. The van der Waals surface area contributed by atoms with Crippen molar-refractivity contribution in [1.82, 2.24) is 16.2 Å². The Labute approximate surface area is 175 Å². The van der Waals surface area contributed by atoms with Crippen LogP contribution < -0.4 is 20.9 Å². The quantitative estimate of drug-likeness (QED) is 0.359. The van der Waals surface area contributed by atoms with E-state index in [-0.39, 0.29) is 17.5 Å². The van der Waals surface area contributed by atoms with Crippen LogP contribution in [0.3, 0.4) is 0 Å². The second-order valence-electron chi connectivity index (χ2n) is 5.60. The van der Waals surface area contributed by atoms with E-state index < -0.39 is 11.8 Å². The third kappa shape index (κ3) is 7.45. The molecule has 146 valence electrons. The number of rotatable bonds is 5. The van der Waals surface area contributed by atoms with E-state index in [4.69, 9.17) is 17.0 Å². The molecular formula is C19H17BrFN3O3S. The molecule has 2 aromatic rings. The number of carbonyl (C=O) groups excluding carboxylic acids is 2. The number of nitrogens with one attached hydrogen (secondary N) is 3. The second-order valence-corrected chi connectivity index (χ2v) is 6.86. The summed E-state index contributed by atoms with van der Waals surface area (Å²) in [5, 5.41) is 2.28. The summed E-state index contributed by atoms with van der Waals surface area (Å²) in [7, 11) is 0. The summed E-state index contributed by atoms with van der Waals surface area (Å²) in [5.41, 5.74) is 6.43. The first-order valence-corrected chi connectivity index (χ1v) is 9.26. The average Bonchev–Trinajstić information content (AvgIpc) is 2.65. The summed E-state index contributed by atoms with van der Waals surface area (Å²) in [6.07, 6.45) is 2.74. The topological polar surface area (TPSA) is 79.5 Å². The molecule has 28 heavy (non-hydrogen) atoms. The highest BCUT2D eigenvalue weighted by atomic mass is 79.9. The normalized spacial score (nSPS) is 10.4. The highest BCUT2D eigenvalue weighted by molar-refractivity contribution is 9.10. The molecule has 0 atom stereocenters. The van der Waals surface area contributed by atoms with E-state index in [1.165, 1.54) is 36.4 Å². The van der Waals surface area contributed by atoms with Gasteiger partial charge in [0.2, 0.25) is 5.91 Å². The van der Waals surface area contributed by atoms with Crippen molar-refractivity contribution in [3.8, 4) is 5.75 Å². The van der Waals surface area contributed by atoms with Gasteiger partial charge in [0.05, 0.1) is 4.47 Å². The van der Waals surface area contributed by atoms with Crippen molar-refractivity contribution >= 4 is 51.2 Å². The van der Waals surface area contributed by atoms with Crippen molar-refractivity contribution in [2.75, 3.05) is 6.61 Å². The summed E-state index contributed by atoms with van der Waals surface area (Å²) in [5.74, 6) is -0.814. The Morgan fingerprint density at radius 1 is 1.18 bits per heavy atom. The summed E-state index contributed by atoms with van der Waals surface area (Å²) >= 11 is 8.28. The molecule has 0 radical (unpaired) electrons. The van der Waals surface area contributed by atoms with Crippen molar-refractivity contribution in [2.45, 2.75) is 6.92 Å². The summed E-state index contributed by atoms with van der Waals surface area (Å²) in [6.45, 7) is 1.70. The number of benzene rings is 2. The standard InChI is InChI=1S/C19H17BrFN3O3S/c1-12-2-8-16(15(20)10-12)27-11-18(26)23-24-19(28)22-17(25)9-5-13-3-6-14(21)7-4-13/h2-10H,11H2,1H3,(H,23,26)(H2,22,24,25,28)/b9-5+. The van der Waals surface area contributed by atoms with Crippen LogP contribution in [0.5, 0.6) is 5.75 Å². The molecule has 0 aromatic heterocycles. The zero-order valence-corrected chi connectivity index (χ0v) is 17.2. The van der Waals surface area contributed by atoms with Crippen LogP contribution in [-0.2, 0) is 9.59 Å². The number of hydrogen-bond acceptors (Lipinski definition) is 4. The van der Waals surface area contributed by atoms with Gasteiger partial charge in [0.15, 0.2) is 11.7 Å². The van der Waals surface area contributed by atoms with Crippen LogP contribution in [0.25, 0.3) is 6.08 Å². The lowest BCUT2D eigenvalue weighted by atomic mass is 10.2. The number of hydrazine groups is 1. The lowest BCUT2D eigenvalue weighted by Gasteiger charge is -2.11. The molecule has 0 aliphatic rings. The van der Waals surface area contributed by atoms with Crippen LogP contribution in [-0.4, -0.2) is 23.5 Å². The molecule has 3 N–H and O–H groups in total. The monoisotopic (exact) mass is 465 g/mol. The smallest absolute Gasteiger partial charge is 0.276 e. The van der Waals surface area contributed by atoms with Gasteiger partial charge in [-0.3, -0.25) is 25.8 Å². The summed E-state index contributed by atoms with van der Waals surface area (Å²) in [6, 6.07) is 11.1. The Morgan fingerprint density at radius 2 is 1.89 bits per heavy atom. The third-order valence-electron chi connectivity index (χ3n) is 3.30. The van der Waals surface area contributed by atoms with Gasteiger partial charge >= 0.3 is 0 Å². The SMILES string of the molecule is Cc1ccc(OCC(=O)NNC(=S)NC(=O)/C=C/c2ccc(F)cc2)c(Br)c1. The maximum absolute atomic E-state index is 12.8. The zero-order chi connectivity index (χ0) is 20.5. The van der Waals surface area contributed by atoms with Crippen molar-refractivity contribution < 1.29 is 18.7 Å². The second kappa shape index (κ2) is 10.5. The molecule has 0 aliphatic heterocycles. The van der Waals surface area contributed by atoms with Crippen LogP contribution in [0.2, 0.25) is 0 Å². The minimum absolute atomic E-state index is 0.0846. The number of carbonyl (C=O) groups is 2. The Balaban J connectivity index is 1.71. The Bertz CT molecular complexity index is 904. The number of aryl methyl sites for hydroxylation is 1. The first kappa shape index (κ1) is 21.5. The largest absolute Gasteiger partial charge is 0.483 e. The van der Waals surface area contributed by atoms with E-state index in [0.717, 1.165) is 10.0 Å². The van der Waals surface area contributed by atoms with Crippen molar-refractivity contribution in [3.05, 3.63) is 70.0 Å². The minimum Gasteiger partial charge on any atom is -0.483 e. The van der Waals surface area contributed by atoms with Crippen LogP contribution >= 0.6 is 28.1 Å². The lowest BCUT2D eigenvalue weighted by molar-refractivity contribution is -0.123. The van der Waals surface area contributed by atoms with Crippen molar-refractivity contribution in [2.24, 2.45) is 0 Å². The number of amides is 2. The lowest BCUT2D eigenvalue weighted by Crippen LogP contribution is -2.49. The Hall–Kier alpha value is -2.78. The predicted molar refractivity (Wildman–Crippen MR) is 112 cm³/mol. The molecule has 0 aliphatic carbocycles. The molecular weight excluding hydrogens is 449 g/mol. The fraction of sp³-hybridized carbons (Fsp3) is 0.105. The molecule has 9 heteroatoms. The Kier molecular flexibility index (Phi) is 8.09. The van der Waals surface area contributed by atoms with E-state index in [0.29, 0.717) is 11.3 Å². The highest BCUT2D eigenvalue weighted by Gasteiger charge is 2.07. The van der Waals surface area contributed by atoms with E-state index in [9.17, 15) is 14.0 Å². The van der Waals surface area contributed by atoms with Gasteiger partial charge < -0.3 is 4.74 Å². The van der Waals surface area contributed by atoms with Gasteiger partial charge in [0, 0.05) is 6.08 Å². The number of halogens is 2. The summed E-state index contributed by atoms with van der Waals surface area (Å²) in [4.78, 5) is 23.6. The average molecular weight is 466 g/mol. The number of hydrogen-bond donors (Lipinski definition) is 3. The van der Waals surface area contributed by atoms with Crippen molar-refractivity contribution in [1.29, 1.82) is 0 Å². The van der Waals surface area contributed by atoms with E-state index in [1.54, 1.807) is 6.07 Å². The summed E-state index contributed by atoms with van der Waals surface area (Å²) < 4.78 is 19.0. The predicted octanol–water partition coefficient (Wildman–Crippen LogP) is 3.01. The third-order valence-corrected chi connectivity index (χ3v) is 4.12. The minimum atomic E-state index is -0.504. The molecule has 0 saturated heterocycles. The number of ether oxygens (including phenoxy) is 1. The molecule has 0 saturated carbocycles. The molecule has 2 rings (SSSR count). The maximum atomic E-state index is 12.8. The van der Waals surface area contributed by atoms with Crippen LogP contribution in [0.15, 0.2) is 53.0 Å². The van der Waals surface area contributed by atoms with E-state index >= 15 is 0 Å². The van der Waals surface area contributed by atoms with Crippen LogP contribution in [0.4, 0.5) is 4.39 Å². The highest BCUT2D eigenvalue weighted by Crippen LogP contribution is 2.25. The van der Waals surface area contributed by atoms with Gasteiger partial charge in [0.25, 0.3) is 5.91 Å². The van der Waals surface area contributed by atoms with Crippen LogP contribution in [0.1, 0.15) is 11.1 Å². The van der Waals surface area contributed by atoms with Gasteiger partial charge in [-0.15, -0.1) is 0 Å². The van der Waals surface area contributed by atoms with E-state index in [2.05, 4.69) is 32.1 Å². The first-order chi connectivity index (χ1) is 13.3. The van der Waals surface area contributed by atoms with Gasteiger partial charge in [-0.2, -0.15) is 0 Å². The van der Waals surface area contributed by atoms with Crippen molar-refractivity contribution in [3.63, 3.8) is 0 Å². The zero-order valence-electron chi connectivity index (χ0n) is 14.8. The van der Waals surface area contributed by atoms with Crippen LogP contribution in [0, 0.1) is 12.7 Å². The van der Waals surface area contributed by atoms with E-state index in [1.807, 2.05) is 19.1 Å². The molecule has 0 unspecified atom stereocenters. The van der Waals surface area contributed by atoms with Gasteiger partial charge in [-0.05, 0) is 76.5 Å². The molecule has 2 amide bonds. The van der Waals surface area contributed by atoms with Gasteiger partial charge in [-0.1, -0.05) is 18.2 Å². The molecule has 0 spiro atoms. The fourth-order valence-corrected chi connectivity index (χ4v) is 2.72. The first-order valence-electron chi connectivity index (χ1n) is 8.06. The van der Waals surface area contributed by atoms with Gasteiger partial charge in [-0.25, -0.2) is 4.39 Å². The molecule has 0 bridgehead atoms.